The van der Waals surface area contributed by atoms with Crippen LogP contribution < -0.4 is 5.32 Å². The molecule has 1 aliphatic heterocycles. The lowest BCUT2D eigenvalue weighted by atomic mass is 9.95. The number of hydrogen-bond acceptors (Lipinski definition) is 2. The fourth-order valence-electron chi connectivity index (χ4n) is 2.33. The Morgan fingerprint density at radius 2 is 2.30 bits per heavy atom. The molecule has 1 saturated heterocycles. The van der Waals surface area contributed by atoms with Gasteiger partial charge in [-0.1, -0.05) is 23.7 Å². The third-order valence-electron chi connectivity index (χ3n) is 3.63. The standard InChI is InChI=1S/C15H19ClN2O2/c1-18-8-6-12(10-14(18)19)15(20)17-7-5-11-3-2-4-13(16)9-11/h2-4,9,12H,5-8,10H2,1H3,(H,17,20)/t12-/m0/s1. The molecule has 0 bridgehead atoms. The molecular formula is C15H19ClN2O2. The van der Waals surface area contributed by atoms with Crippen molar-refractivity contribution in [2.75, 3.05) is 20.1 Å². The highest BCUT2D eigenvalue weighted by molar-refractivity contribution is 6.30. The summed E-state index contributed by atoms with van der Waals surface area (Å²) in [6.45, 7) is 1.23. The van der Waals surface area contributed by atoms with Crippen molar-refractivity contribution >= 4 is 23.4 Å². The Morgan fingerprint density at radius 1 is 1.50 bits per heavy atom. The van der Waals surface area contributed by atoms with E-state index in [-0.39, 0.29) is 17.7 Å². The molecule has 108 valence electrons. The highest BCUT2D eigenvalue weighted by Gasteiger charge is 2.28. The van der Waals surface area contributed by atoms with Gasteiger partial charge in [0, 0.05) is 37.5 Å². The minimum Gasteiger partial charge on any atom is -0.356 e. The summed E-state index contributed by atoms with van der Waals surface area (Å²) in [5.41, 5.74) is 1.09. The number of benzene rings is 1. The quantitative estimate of drug-likeness (QED) is 0.921. The van der Waals surface area contributed by atoms with E-state index in [1.807, 2.05) is 24.3 Å². The minimum absolute atomic E-state index is 0.0199. The number of carbonyl (C=O) groups excluding carboxylic acids is 2. The van der Waals surface area contributed by atoms with Crippen molar-refractivity contribution in [2.45, 2.75) is 19.3 Å². The number of rotatable bonds is 4. The normalized spacial score (nSPS) is 19.0. The maximum absolute atomic E-state index is 12.0. The molecule has 0 unspecified atom stereocenters. The van der Waals surface area contributed by atoms with Crippen molar-refractivity contribution < 1.29 is 9.59 Å². The molecule has 1 heterocycles. The monoisotopic (exact) mass is 294 g/mol. The predicted molar refractivity (Wildman–Crippen MR) is 78.5 cm³/mol. The lowest BCUT2D eigenvalue weighted by molar-refractivity contribution is -0.139. The zero-order valence-corrected chi connectivity index (χ0v) is 12.3. The predicted octanol–water partition coefficient (Wildman–Crippen LogP) is 1.87. The van der Waals surface area contributed by atoms with Crippen LogP contribution in [-0.4, -0.2) is 36.9 Å². The van der Waals surface area contributed by atoms with Crippen LogP contribution >= 0.6 is 11.6 Å². The van der Waals surface area contributed by atoms with Gasteiger partial charge in [-0.2, -0.15) is 0 Å². The van der Waals surface area contributed by atoms with Gasteiger partial charge < -0.3 is 10.2 Å². The van der Waals surface area contributed by atoms with E-state index in [1.54, 1.807) is 11.9 Å². The van der Waals surface area contributed by atoms with Crippen LogP contribution in [0.3, 0.4) is 0 Å². The Kier molecular flexibility index (Phi) is 5.01. The molecule has 0 saturated carbocycles. The molecule has 1 aromatic carbocycles. The number of likely N-dealkylation sites (tertiary alicyclic amines) is 1. The summed E-state index contributed by atoms with van der Waals surface area (Å²) in [7, 11) is 1.77. The van der Waals surface area contributed by atoms with Gasteiger partial charge in [-0.25, -0.2) is 0 Å². The van der Waals surface area contributed by atoms with Gasteiger partial charge in [0.25, 0.3) is 0 Å². The van der Waals surface area contributed by atoms with Crippen LogP contribution in [0.5, 0.6) is 0 Å². The highest BCUT2D eigenvalue weighted by Crippen LogP contribution is 2.17. The summed E-state index contributed by atoms with van der Waals surface area (Å²) in [5.74, 6) is -0.155. The summed E-state index contributed by atoms with van der Waals surface area (Å²) in [6, 6.07) is 7.60. The van der Waals surface area contributed by atoms with E-state index >= 15 is 0 Å². The molecule has 2 rings (SSSR count). The second-order valence-corrected chi connectivity index (χ2v) is 5.61. The van der Waals surface area contributed by atoms with Gasteiger partial charge in [-0.05, 0) is 30.5 Å². The number of nitrogens with zero attached hydrogens (tertiary/aromatic N) is 1. The fraction of sp³-hybridized carbons (Fsp3) is 0.467. The largest absolute Gasteiger partial charge is 0.356 e. The van der Waals surface area contributed by atoms with Crippen molar-refractivity contribution in [1.82, 2.24) is 10.2 Å². The van der Waals surface area contributed by atoms with E-state index in [0.29, 0.717) is 24.5 Å². The first kappa shape index (κ1) is 14.9. The van der Waals surface area contributed by atoms with E-state index in [9.17, 15) is 9.59 Å². The molecular weight excluding hydrogens is 276 g/mol. The third kappa shape index (κ3) is 3.97. The topological polar surface area (TPSA) is 49.4 Å². The zero-order valence-electron chi connectivity index (χ0n) is 11.6. The SMILES string of the molecule is CN1CC[C@H](C(=O)NCCc2cccc(Cl)c2)CC1=O. The van der Waals surface area contributed by atoms with Gasteiger partial charge in [0.2, 0.25) is 11.8 Å². The molecule has 5 heteroatoms. The average Bonchev–Trinajstić information content (AvgIpc) is 2.42. The first-order valence-corrected chi connectivity index (χ1v) is 7.20. The molecule has 1 aliphatic rings. The van der Waals surface area contributed by atoms with Crippen LogP contribution in [-0.2, 0) is 16.0 Å². The summed E-state index contributed by atoms with van der Waals surface area (Å²) >= 11 is 5.91. The third-order valence-corrected chi connectivity index (χ3v) is 3.87. The summed E-state index contributed by atoms with van der Waals surface area (Å²) < 4.78 is 0. The van der Waals surface area contributed by atoms with Gasteiger partial charge in [0.1, 0.15) is 0 Å². The molecule has 1 atom stereocenters. The van der Waals surface area contributed by atoms with Crippen molar-refractivity contribution in [2.24, 2.45) is 5.92 Å². The molecule has 1 aromatic rings. The van der Waals surface area contributed by atoms with Crippen molar-refractivity contribution in [1.29, 1.82) is 0 Å². The second-order valence-electron chi connectivity index (χ2n) is 5.18. The average molecular weight is 295 g/mol. The fourth-order valence-corrected chi connectivity index (χ4v) is 2.55. The molecule has 1 N–H and O–H groups in total. The van der Waals surface area contributed by atoms with Crippen LogP contribution in [0.4, 0.5) is 0 Å². The Hall–Kier alpha value is -1.55. The van der Waals surface area contributed by atoms with E-state index in [1.165, 1.54) is 0 Å². The number of amides is 2. The van der Waals surface area contributed by atoms with Gasteiger partial charge >= 0.3 is 0 Å². The summed E-state index contributed by atoms with van der Waals surface area (Å²) in [5, 5.41) is 3.61. The number of nitrogens with one attached hydrogen (secondary N) is 1. The molecule has 4 nitrogen and oxygen atoms in total. The van der Waals surface area contributed by atoms with E-state index < -0.39 is 0 Å². The number of piperidine rings is 1. The Bertz CT molecular complexity index is 504. The molecule has 1 fully saturated rings. The highest BCUT2D eigenvalue weighted by atomic mass is 35.5. The molecule has 0 radical (unpaired) electrons. The Labute approximate surface area is 124 Å². The molecule has 20 heavy (non-hydrogen) atoms. The first-order valence-electron chi connectivity index (χ1n) is 6.82. The van der Waals surface area contributed by atoms with Gasteiger partial charge in [0.15, 0.2) is 0 Å². The van der Waals surface area contributed by atoms with Crippen LogP contribution in [0.15, 0.2) is 24.3 Å². The van der Waals surface area contributed by atoms with Gasteiger partial charge in [-0.15, -0.1) is 0 Å². The lowest BCUT2D eigenvalue weighted by Gasteiger charge is -2.27. The van der Waals surface area contributed by atoms with Crippen LogP contribution in [0.1, 0.15) is 18.4 Å². The van der Waals surface area contributed by atoms with Crippen molar-refractivity contribution in [3.8, 4) is 0 Å². The van der Waals surface area contributed by atoms with E-state index in [4.69, 9.17) is 11.6 Å². The molecule has 0 spiro atoms. The van der Waals surface area contributed by atoms with Crippen LogP contribution in [0.2, 0.25) is 5.02 Å². The van der Waals surface area contributed by atoms with Crippen molar-refractivity contribution in [3.63, 3.8) is 0 Å². The van der Waals surface area contributed by atoms with Crippen LogP contribution in [0, 0.1) is 5.92 Å². The molecule has 2 amide bonds. The smallest absolute Gasteiger partial charge is 0.223 e. The number of carbonyl (C=O) groups is 2. The molecule has 0 aliphatic carbocycles. The summed E-state index contributed by atoms with van der Waals surface area (Å²) in [6.07, 6.45) is 1.80. The van der Waals surface area contributed by atoms with Gasteiger partial charge in [0.05, 0.1) is 0 Å². The Morgan fingerprint density at radius 3 is 3.00 bits per heavy atom. The number of hydrogen-bond donors (Lipinski definition) is 1. The maximum Gasteiger partial charge on any atom is 0.223 e. The summed E-state index contributed by atoms with van der Waals surface area (Å²) in [4.78, 5) is 25.2. The number of halogens is 1. The van der Waals surface area contributed by atoms with E-state index in [2.05, 4.69) is 5.32 Å². The second kappa shape index (κ2) is 6.75. The first-order chi connectivity index (χ1) is 9.56. The van der Waals surface area contributed by atoms with E-state index in [0.717, 1.165) is 18.4 Å². The lowest BCUT2D eigenvalue weighted by Crippen LogP contribution is -2.42. The zero-order chi connectivity index (χ0) is 14.5. The van der Waals surface area contributed by atoms with Crippen LogP contribution in [0.25, 0.3) is 0 Å². The maximum atomic E-state index is 12.0. The van der Waals surface area contributed by atoms with Gasteiger partial charge in [-0.3, -0.25) is 9.59 Å². The van der Waals surface area contributed by atoms with Crippen molar-refractivity contribution in [3.05, 3.63) is 34.9 Å². The molecule has 0 aromatic heterocycles. The minimum atomic E-state index is -0.182. The Balaban J connectivity index is 1.77.